The lowest BCUT2D eigenvalue weighted by Crippen LogP contribution is -2.12. The maximum atomic E-state index is 12.5. The highest BCUT2D eigenvalue weighted by Crippen LogP contribution is 2.30. The van der Waals surface area contributed by atoms with Crippen molar-refractivity contribution in [1.82, 2.24) is 4.98 Å². The van der Waals surface area contributed by atoms with Crippen LogP contribution in [0.5, 0.6) is 0 Å². The average Bonchev–Trinajstić information content (AvgIpc) is 3.12. The molecule has 156 valence electrons. The third-order valence-electron chi connectivity index (χ3n) is 4.21. The monoisotopic (exact) mass is 509 g/mol. The Balaban J connectivity index is 1.54. The summed E-state index contributed by atoms with van der Waals surface area (Å²) in [6.45, 7) is 0. The van der Waals surface area contributed by atoms with Gasteiger partial charge in [-0.15, -0.1) is 0 Å². The van der Waals surface area contributed by atoms with E-state index in [0.29, 0.717) is 31.4 Å². The van der Waals surface area contributed by atoms with Crippen LogP contribution in [0.1, 0.15) is 20.7 Å². The molecule has 1 heterocycles. The lowest BCUT2D eigenvalue weighted by Gasteiger charge is -2.07. The molecule has 0 fully saturated rings. The van der Waals surface area contributed by atoms with Crippen LogP contribution in [0.15, 0.2) is 54.6 Å². The van der Waals surface area contributed by atoms with Crippen LogP contribution < -0.4 is 10.6 Å². The van der Waals surface area contributed by atoms with E-state index in [4.69, 9.17) is 46.4 Å². The Hall–Kier alpha value is -2.35. The van der Waals surface area contributed by atoms with Gasteiger partial charge in [-0.05, 0) is 54.6 Å². The molecule has 0 saturated carbocycles. The first-order valence-electron chi connectivity index (χ1n) is 8.73. The molecular weight excluding hydrogens is 500 g/mol. The molecule has 31 heavy (non-hydrogen) atoms. The molecule has 2 amide bonds. The minimum atomic E-state index is -0.421. The van der Waals surface area contributed by atoms with Gasteiger partial charge in [0.25, 0.3) is 11.8 Å². The summed E-state index contributed by atoms with van der Waals surface area (Å²) in [7, 11) is 0. The van der Waals surface area contributed by atoms with Crippen LogP contribution in [0.3, 0.4) is 0 Å². The minimum Gasteiger partial charge on any atom is -0.322 e. The number of carbonyl (C=O) groups excluding carboxylic acids is 2. The van der Waals surface area contributed by atoms with Crippen molar-refractivity contribution in [2.75, 3.05) is 10.6 Å². The van der Waals surface area contributed by atoms with Crippen molar-refractivity contribution >= 4 is 90.6 Å². The van der Waals surface area contributed by atoms with Crippen molar-refractivity contribution in [1.29, 1.82) is 0 Å². The molecule has 4 rings (SSSR count). The van der Waals surface area contributed by atoms with Crippen LogP contribution in [-0.4, -0.2) is 16.8 Å². The van der Waals surface area contributed by atoms with Crippen LogP contribution >= 0.6 is 57.7 Å². The van der Waals surface area contributed by atoms with Crippen molar-refractivity contribution in [3.63, 3.8) is 0 Å². The van der Waals surface area contributed by atoms with Gasteiger partial charge in [-0.3, -0.25) is 14.9 Å². The standard InChI is InChI=1S/C21H11Cl4N3O2S/c22-10-1-4-15(24)13(7-10)19(29)26-12-3-6-17-18(9-12)31-21(27-17)28-20(30)14-8-11(23)2-5-16(14)25/h1-9H,(H,26,29)(H,27,28,30). The first-order chi connectivity index (χ1) is 14.8. The number of carbonyl (C=O) groups is 2. The number of rotatable bonds is 4. The Bertz CT molecular complexity index is 1280. The molecule has 0 radical (unpaired) electrons. The molecule has 4 aromatic rings. The molecule has 1 aromatic heterocycles. The molecule has 10 heteroatoms. The molecule has 5 nitrogen and oxygen atoms in total. The number of halogens is 4. The van der Waals surface area contributed by atoms with Gasteiger partial charge in [0.1, 0.15) is 0 Å². The van der Waals surface area contributed by atoms with Crippen LogP contribution in [-0.2, 0) is 0 Å². The van der Waals surface area contributed by atoms with Gasteiger partial charge in [-0.2, -0.15) is 0 Å². The second-order valence-corrected chi connectivity index (χ2v) is 9.08. The molecule has 0 unspecified atom stereocenters. The maximum Gasteiger partial charge on any atom is 0.259 e. The highest BCUT2D eigenvalue weighted by atomic mass is 35.5. The topological polar surface area (TPSA) is 71.1 Å². The smallest absolute Gasteiger partial charge is 0.259 e. The van der Waals surface area contributed by atoms with E-state index in [1.165, 1.54) is 23.5 Å². The van der Waals surface area contributed by atoms with Crippen LogP contribution in [0.25, 0.3) is 10.2 Å². The lowest BCUT2D eigenvalue weighted by atomic mass is 10.2. The molecule has 2 N–H and O–H groups in total. The zero-order chi connectivity index (χ0) is 22.1. The molecule has 0 bridgehead atoms. The summed E-state index contributed by atoms with van der Waals surface area (Å²) in [6.07, 6.45) is 0. The summed E-state index contributed by atoms with van der Waals surface area (Å²) >= 11 is 25.3. The van der Waals surface area contributed by atoms with Crippen molar-refractivity contribution < 1.29 is 9.59 Å². The number of amides is 2. The number of thiazole rings is 1. The molecule has 0 atom stereocenters. The quantitative estimate of drug-likeness (QED) is 0.300. The Labute approximate surface area is 200 Å². The Kier molecular flexibility index (Phi) is 6.36. The first kappa shape index (κ1) is 21.9. The summed E-state index contributed by atoms with van der Waals surface area (Å²) in [5.74, 6) is -0.809. The highest BCUT2D eigenvalue weighted by Gasteiger charge is 2.15. The van der Waals surface area contributed by atoms with Gasteiger partial charge in [0.2, 0.25) is 0 Å². The van der Waals surface area contributed by atoms with Gasteiger partial charge in [0.15, 0.2) is 5.13 Å². The van der Waals surface area contributed by atoms with Gasteiger partial charge in [-0.25, -0.2) is 4.98 Å². The summed E-state index contributed by atoms with van der Waals surface area (Å²) in [5.41, 5.74) is 1.73. The summed E-state index contributed by atoms with van der Waals surface area (Å²) in [6, 6.07) is 14.5. The van der Waals surface area contributed by atoms with Crippen LogP contribution in [0.4, 0.5) is 10.8 Å². The number of fused-ring (bicyclic) bond motifs is 1. The van der Waals surface area contributed by atoms with E-state index in [0.717, 1.165) is 4.70 Å². The number of nitrogens with one attached hydrogen (secondary N) is 2. The zero-order valence-corrected chi connectivity index (χ0v) is 19.2. The molecular formula is C21H11Cl4N3O2S. The van der Waals surface area contributed by atoms with E-state index in [1.54, 1.807) is 42.5 Å². The lowest BCUT2D eigenvalue weighted by molar-refractivity contribution is 0.101. The molecule has 0 saturated heterocycles. The predicted octanol–water partition coefficient (Wildman–Crippen LogP) is 7.41. The number of hydrogen-bond donors (Lipinski definition) is 2. The van der Waals surface area contributed by atoms with E-state index < -0.39 is 5.91 Å². The third kappa shape index (κ3) is 4.95. The van der Waals surface area contributed by atoms with Crippen molar-refractivity contribution in [3.8, 4) is 0 Å². The Morgan fingerprint density at radius 2 is 1.32 bits per heavy atom. The SMILES string of the molecule is O=C(Nc1ccc2nc(NC(=O)c3cc(Cl)ccc3Cl)sc2c1)c1cc(Cl)ccc1Cl. The van der Waals surface area contributed by atoms with Crippen molar-refractivity contribution in [3.05, 3.63) is 85.8 Å². The fourth-order valence-corrected chi connectivity index (χ4v) is 4.41. The van der Waals surface area contributed by atoms with Gasteiger partial charge in [-0.1, -0.05) is 57.7 Å². The van der Waals surface area contributed by atoms with E-state index in [1.807, 2.05) is 0 Å². The van der Waals surface area contributed by atoms with Gasteiger partial charge < -0.3 is 5.32 Å². The molecule has 0 spiro atoms. The molecule has 0 aliphatic rings. The number of anilines is 2. The summed E-state index contributed by atoms with van der Waals surface area (Å²) < 4.78 is 0.766. The fraction of sp³-hybridized carbons (Fsp3) is 0. The van der Waals surface area contributed by atoms with E-state index in [2.05, 4.69) is 15.6 Å². The Morgan fingerprint density at radius 3 is 1.94 bits per heavy atom. The average molecular weight is 511 g/mol. The van der Waals surface area contributed by atoms with E-state index in [-0.39, 0.29) is 22.1 Å². The minimum absolute atomic E-state index is 0.250. The molecule has 0 aliphatic heterocycles. The largest absolute Gasteiger partial charge is 0.322 e. The van der Waals surface area contributed by atoms with Gasteiger partial charge >= 0.3 is 0 Å². The fourth-order valence-electron chi connectivity index (χ4n) is 2.76. The summed E-state index contributed by atoms with van der Waals surface area (Å²) in [4.78, 5) is 29.5. The number of hydrogen-bond acceptors (Lipinski definition) is 4. The zero-order valence-electron chi connectivity index (χ0n) is 15.4. The number of benzene rings is 3. The third-order valence-corrected chi connectivity index (χ3v) is 6.28. The molecule has 0 aliphatic carbocycles. The number of nitrogens with zero attached hydrogens (tertiary/aromatic N) is 1. The van der Waals surface area contributed by atoms with Crippen molar-refractivity contribution in [2.45, 2.75) is 0 Å². The first-order valence-corrected chi connectivity index (χ1v) is 11.1. The van der Waals surface area contributed by atoms with Crippen LogP contribution in [0.2, 0.25) is 20.1 Å². The second-order valence-electron chi connectivity index (χ2n) is 6.36. The Morgan fingerprint density at radius 1 is 0.742 bits per heavy atom. The normalized spacial score (nSPS) is 10.8. The highest BCUT2D eigenvalue weighted by molar-refractivity contribution is 7.22. The van der Waals surface area contributed by atoms with Crippen molar-refractivity contribution in [2.24, 2.45) is 0 Å². The van der Waals surface area contributed by atoms with Gasteiger partial charge in [0.05, 0.1) is 31.4 Å². The van der Waals surface area contributed by atoms with E-state index >= 15 is 0 Å². The van der Waals surface area contributed by atoms with Gasteiger partial charge in [0, 0.05) is 15.7 Å². The van der Waals surface area contributed by atoms with E-state index in [9.17, 15) is 9.59 Å². The van der Waals surface area contributed by atoms with Crippen LogP contribution in [0, 0.1) is 0 Å². The second kappa shape index (κ2) is 9.02. The number of aromatic nitrogens is 1. The summed E-state index contributed by atoms with van der Waals surface area (Å²) in [5, 5.41) is 7.29. The maximum absolute atomic E-state index is 12.5. The predicted molar refractivity (Wildman–Crippen MR) is 128 cm³/mol. The molecule has 3 aromatic carbocycles.